The minimum absolute atomic E-state index is 0.113. The van der Waals surface area contributed by atoms with Crippen LogP contribution in [0.15, 0.2) is 48.7 Å². The van der Waals surface area contributed by atoms with Crippen LogP contribution in [-0.2, 0) is 0 Å². The standard InChI is InChI=1S/C21H22IN5O/c1-15-20(16(2)27(24-15)19-9-5-6-10-23-19)25-11-13-26(14-12-25)21(28)17-7-3-4-8-18(17)22/h3-10H,11-14H2,1-2H3. The maximum Gasteiger partial charge on any atom is 0.255 e. The van der Waals surface area contributed by atoms with Crippen LogP contribution in [0, 0.1) is 17.4 Å². The van der Waals surface area contributed by atoms with Crippen molar-refractivity contribution in [2.45, 2.75) is 13.8 Å². The van der Waals surface area contributed by atoms with Gasteiger partial charge in [0.25, 0.3) is 5.91 Å². The predicted molar refractivity (Wildman–Crippen MR) is 118 cm³/mol. The van der Waals surface area contributed by atoms with E-state index >= 15 is 0 Å². The number of halogens is 1. The highest BCUT2D eigenvalue weighted by molar-refractivity contribution is 14.1. The van der Waals surface area contributed by atoms with E-state index in [1.54, 1.807) is 6.20 Å². The topological polar surface area (TPSA) is 54.3 Å². The number of hydrogen-bond donors (Lipinski definition) is 0. The van der Waals surface area contributed by atoms with Crippen molar-refractivity contribution >= 4 is 34.2 Å². The third-order valence-corrected chi connectivity index (χ3v) is 6.05. The average molecular weight is 487 g/mol. The van der Waals surface area contributed by atoms with Gasteiger partial charge in [-0.05, 0) is 60.7 Å². The third-order valence-electron chi connectivity index (χ3n) is 5.11. The molecule has 1 fully saturated rings. The molecule has 0 atom stereocenters. The fraction of sp³-hybridized carbons (Fsp3) is 0.286. The fourth-order valence-electron chi connectivity index (χ4n) is 3.73. The monoisotopic (exact) mass is 487 g/mol. The molecule has 0 radical (unpaired) electrons. The van der Waals surface area contributed by atoms with E-state index in [1.807, 2.05) is 59.0 Å². The molecule has 6 nitrogen and oxygen atoms in total. The number of aryl methyl sites for hydroxylation is 1. The van der Waals surface area contributed by atoms with Gasteiger partial charge in [-0.3, -0.25) is 4.79 Å². The van der Waals surface area contributed by atoms with Crippen molar-refractivity contribution in [2.24, 2.45) is 0 Å². The van der Waals surface area contributed by atoms with E-state index in [1.165, 1.54) is 0 Å². The Balaban J connectivity index is 1.51. The Morgan fingerprint density at radius 1 is 1.00 bits per heavy atom. The van der Waals surface area contributed by atoms with Crippen LogP contribution < -0.4 is 4.90 Å². The van der Waals surface area contributed by atoms with Gasteiger partial charge in [0, 0.05) is 35.9 Å². The highest BCUT2D eigenvalue weighted by Gasteiger charge is 2.26. The number of hydrogen-bond acceptors (Lipinski definition) is 4. The first-order valence-corrected chi connectivity index (χ1v) is 10.4. The molecule has 7 heteroatoms. The van der Waals surface area contributed by atoms with E-state index in [9.17, 15) is 4.79 Å². The molecule has 144 valence electrons. The van der Waals surface area contributed by atoms with Crippen molar-refractivity contribution in [3.63, 3.8) is 0 Å². The number of benzene rings is 1. The van der Waals surface area contributed by atoms with Gasteiger partial charge in [0.05, 0.1) is 22.6 Å². The Kier molecular flexibility index (Phi) is 5.34. The van der Waals surface area contributed by atoms with Crippen LogP contribution >= 0.6 is 22.6 Å². The van der Waals surface area contributed by atoms with Crippen LogP contribution in [0.1, 0.15) is 21.7 Å². The molecular weight excluding hydrogens is 465 g/mol. The average Bonchev–Trinajstić information content (AvgIpc) is 3.03. The van der Waals surface area contributed by atoms with Crippen LogP contribution in [-0.4, -0.2) is 51.8 Å². The number of pyridine rings is 1. The first-order chi connectivity index (χ1) is 13.6. The normalized spacial score (nSPS) is 14.4. The summed E-state index contributed by atoms with van der Waals surface area (Å²) in [5.74, 6) is 0.934. The molecule has 0 bridgehead atoms. The third kappa shape index (κ3) is 3.50. The lowest BCUT2D eigenvalue weighted by Gasteiger charge is -2.36. The van der Waals surface area contributed by atoms with Crippen LogP contribution in [0.4, 0.5) is 5.69 Å². The Bertz CT molecular complexity index is 993. The van der Waals surface area contributed by atoms with Gasteiger partial charge in [-0.1, -0.05) is 18.2 Å². The Morgan fingerprint density at radius 2 is 1.71 bits per heavy atom. The number of aromatic nitrogens is 3. The second-order valence-corrected chi connectivity index (χ2v) is 8.04. The quantitative estimate of drug-likeness (QED) is 0.532. The molecule has 3 heterocycles. The summed E-state index contributed by atoms with van der Waals surface area (Å²) in [4.78, 5) is 21.6. The minimum atomic E-state index is 0.113. The van der Waals surface area contributed by atoms with Crippen molar-refractivity contribution in [1.29, 1.82) is 0 Å². The maximum atomic E-state index is 12.9. The zero-order valence-electron chi connectivity index (χ0n) is 16.0. The molecule has 1 saturated heterocycles. The minimum Gasteiger partial charge on any atom is -0.365 e. The SMILES string of the molecule is Cc1nn(-c2ccccn2)c(C)c1N1CCN(C(=O)c2ccccc2I)CC1. The van der Waals surface area contributed by atoms with Gasteiger partial charge < -0.3 is 9.80 Å². The summed E-state index contributed by atoms with van der Waals surface area (Å²) in [7, 11) is 0. The van der Waals surface area contributed by atoms with Gasteiger partial charge in [0.1, 0.15) is 0 Å². The summed E-state index contributed by atoms with van der Waals surface area (Å²) in [5, 5.41) is 4.70. The lowest BCUT2D eigenvalue weighted by molar-refractivity contribution is 0.0745. The molecule has 0 aliphatic carbocycles. The number of carbonyl (C=O) groups excluding carboxylic acids is 1. The van der Waals surface area contributed by atoms with Gasteiger partial charge in [-0.15, -0.1) is 0 Å². The molecule has 2 aromatic heterocycles. The molecule has 1 aliphatic heterocycles. The van der Waals surface area contributed by atoms with E-state index in [0.717, 1.165) is 45.1 Å². The van der Waals surface area contributed by atoms with Crippen LogP contribution in [0.3, 0.4) is 0 Å². The second-order valence-electron chi connectivity index (χ2n) is 6.88. The molecule has 3 aromatic rings. The van der Waals surface area contributed by atoms with E-state index in [-0.39, 0.29) is 5.91 Å². The number of piperazine rings is 1. The van der Waals surface area contributed by atoms with Gasteiger partial charge in [-0.25, -0.2) is 9.67 Å². The lowest BCUT2D eigenvalue weighted by atomic mass is 10.1. The van der Waals surface area contributed by atoms with Crippen molar-refractivity contribution in [1.82, 2.24) is 19.7 Å². The largest absolute Gasteiger partial charge is 0.365 e. The van der Waals surface area contributed by atoms with Crippen molar-refractivity contribution in [3.8, 4) is 5.82 Å². The Morgan fingerprint density at radius 3 is 2.39 bits per heavy atom. The summed E-state index contributed by atoms with van der Waals surface area (Å²) < 4.78 is 2.89. The second kappa shape index (κ2) is 7.90. The lowest BCUT2D eigenvalue weighted by Crippen LogP contribution is -2.49. The number of amides is 1. The molecule has 4 rings (SSSR count). The van der Waals surface area contributed by atoms with Crippen molar-refractivity contribution in [2.75, 3.05) is 31.1 Å². The van der Waals surface area contributed by atoms with Gasteiger partial charge in [0.15, 0.2) is 5.82 Å². The molecule has 1 aliphatic rings. The Hall–Kier alpha value is -2.42. The first kappa shape index (κ1) is 18.9. The first-order valence-electron chi connectivity index (χ1n) is 9.32. The van der Waals surface area contributed by atoms with E-state index in [0.29, 0.717) is 13.1 Å². The summed E-state index contributed by atoms with van der Waals surface area (Å²) in [5.41, 5.74) is 3.99. The number of rotatable bonds is 3. The van der Waals surface area contributed by atoms with Crippen molar-refractivity contribution < 1.29 is 4.79 Å². The van der Waals surface area contributed by atoms with Gasteiger partial charge in [0.2, 0.25) is 0 Å². The summed E-state index contributed by atoms with van der Waals surface area (Å²) in [6.45, 7) is 7.11. The maximum absolute atomic E-state index is 12.9. The van der Waals surface area contributed by atoms with Crippen LogP contribution in [0.25, 0.3) is 5.82 Å². The molecule has 0 saturated carbocycles. The smallest absolute Gasteiger partial charge is 0.255 e. The van der Waals surface area contributed by atoms with Crippen LogP contribution in [0.2, 0.25) is 0 Å². The van der Waals surface area contributed by atoms with E-state index in [4.69, 9.17) is 5.10 Å². The van der Waals surface area contributed by atoms with Gasteiger partial charge in [-0.2, -0.15) is 5.10 Å². The number of anilines is 1. The molecular formula is C21H22IN5O. The zero-order valence-corrected chi connectivity index (χ0v) is 18.1. The Labute approximate surface area is 178 Å². The van der Waals surface area contributed by atoms with Gasteiger partial charge >= 0.3 is 0 Å². The predicted octanol–water partition coefficient (Wildman–Crippen LogP) is 3.45. The molecule has 0 unspecified atom stereocenters. The summed E-state index contributed by atoms with van der Waals surface area (Å²) in [6.07, 6.45) is 1.78. The highest BCUT2D eigenvalue weighted by atomic mass is 127. The summed E-state index contributed by atoms with van der Waals surface area (Å²) in [6, 6.07) is 13.6. The molecule has 0 spiro atoms. The van der Waals surface area contributed by atoms with E-state index in [2.05, 4.69) is 39.4 Å². The van der Waals surface area contributed by atoms with E-state index < -0.39 is 0 Å². The number of carbonyl (C=O) groups is 1. The molecule has 1 aromatic carbocycles. The number of nitrogens with zero attached hydrogens (tertiary/aromatic N) is 5. The van der Waals surface area contributed by atoms with Crippen LogP contribution in [0.5, 0.6) is 0 Å². The summed E-state index contributed by atoms with van der Waals surface area (Å²) >= 11 is 2.23. The fourth-order valence-corrected chi connectivity index (χ4v) is 4.35. The molecule has 1 amide bonds. The highest BCUT2D eigenvalue weighted by Crippen LogP contribution is 2.27. The van der Waals surface area contributed by atoms with Crippen molar-refractivity contribution in [3.05, 3.63) is 69.2 Å². The molecule has 0 N–H and O–H groups in total. The zero-order chi connectivity index (χ0) is 19.7. The molecule has 28 heavy (non-hydrogen) atoms.